The van der Waals surface area contributed by atoms with Crippen LogP contribution in [0.5, 0.6) is 0 Å². The van der Waals surface area contributed by atoms with Gasteiger partial charge < -0.3 is 10.6 Å². The van der Waals surface area contributed by atoms with Gasteiger partial charge in [0.25, 0.3) is 0 Å². The Morgan fingerprint density at radius 3 is 2.62 bits per heavy atom. The summed E-state index contributed by atoms with van der Waals surface area (Å²) in [6.07, 6.45) is 6.67. The van der Waals surface area contributed by atoms with Gasteiger partial charge in [-0.3, -0.25) is 4.99 Å². The molecule has 0 aliphatic rings. The number of para-hydroxylation sites is 1. The predicted octanol–water partition coefficient (Wildman–Crippen LogP) is 4.16. The molecule has 0 aliphatic carbocycles. The van der Waals surface area contributed by atoms with Gasteiger partial charge in [-0.25, -0.2) is 4.98 Å². The van der Waals surface area contributed by atoms with Crippen LogP contribution in [0.2, 0.25) is 0 Å². The molecule has 0 saturated heterocycles. The Labute approximate surface area is 170 Å². The second kappa shape index (κ2) is 12.8. The molecule has 4 nitrogen and oxygen atoms in total. The average molecular weight is 478 g/mol. The zero-order valence-electron chi connectivity index (χ0n) is 14.4. The minimum atomic E-state index is 0. The molecule has 0 bridgehead atoms. The Hall–Kier alpha value is -0.540. The second-order valence-electron chi connectivity index (χ2n) is 5.30. The van der Waals surface area contributed by atoms with E-state index >= 15 is 0 Å². The van der Waals surface area contributed by atoms with Crippen molar-refractivity contribution in [3.63, 3.8) is 0 Å². The first-order valence-electron chi connectivity index (χ1n) is 8.11. The number of aryl methyl sites for hydroxylation is 1. The average Bonchev–Trinajstić information content (AvgIpc) is 2.99. The zero-order valence-corrected chi connectivity index (χ0v) is 18.3. The number of hydrogen-bond acceptors (Lipinski definition) is 4. The summed E-state index contributed by atoms with van der Waals surface area (Å²) in [5.41, 5.74) is 1.11. The normalized spacial score (nSPS) is 11.3. The van der Waals surface area contributed by atoms with Crippen molar-refractivity contribution < 1.29 is 0 Å². The molecule has 1 aromatic carbocycles. The molecule has 2 rings (SSSR count). The predicted molar refractivity (Wildman–Crippen MR) is 120 cm³/mol. The molecule has 0 aliphatic heterocycles. The van der Waals surface area contributed by atoms with Crippen molar-refractivity contribution in [3.05, 3.63) is 29.3 Å². The highest BCUT2D eigenvalue weighted by molar-refractivity contribution is 14.0. The van der Waals surface area contributed by atoms with Crippen LogP contribution < -0.4 is 10.6 Å². The highest BCUT2D eigenvalue weighted by Crippen LogP contribution is 2.22. The van der Waals surface area contributed by atoms with Crippen LogP contribution in [-0.4, -0.2) is 43.1 Å². The number of hydrogen-bond donors (Lipinski definition) is 2. The minimum Gasteiger partial charge on any atom is -0.356 e. The minimum absolute atomic E-state index is 0. The first kappa shape index (κ1) is 21.5. The van der Waals surface area contributed by atoms with Crippen LogP contribution >= 0.6 is 47.1 Å². The van der Waals surface area contributed by atoms with E-state index in [0.717, 1.165) is 37.4 Å². The molecule has 2 aromatic rings. The number of nitrogens with zero attached hydrogens (tertiary/aromatic N) is 2. The van der Waals surface area contributed by atoms with Gasteiger partial charge in [0.1, 0.15) is 0 Å². The van der Waals surface area contributed by atoms with Gasteiger partial charge in [0, 0.05) is 26.6 Å². The van der Waals surface area contributed by atoms with Gasteiger partial charge in [-0.05, 0) is 43.4 Å². The third kappa shape index (κ3) is 7.57. The lowest BCUT2D eigenvalue weighted by atomic mass is 10.3. The van der Waals surface area contributed by atoms with Gasteiger partial charge in [0.15, 0.2) is 5.96 Å². The Kier molecular flexibility index (Phi) is 11.4. The molecule has 1 aromatic heterocycles. The Balaban J connectivity index is 0.00000288. The standard InChI is InChI=1S/C17H26N4S2.HI/c1-18-17(19-11-5-6-13-22-2)20-12-7-10-16-21-14-8-3-4-9-15(14)23-16;/h3-4,8-9H,5-7,10-13H2,1-2H3,(H2,18,19,20);1H. The molecule has 134 valence electrons. The smallest absolute Gasteiger partial charge is 0.190 e. The maximum atomic E-state index is 4.67. The number of fused-ring (bicyclic) bond motifs is 1. The summed E-state index contributed by atoms with van der Waals surface area (Å²) in [6.45, 7) is 1.90. The van der Waals surface area contributed by atoms with Gasteiger partial charge in [0.2, 0.25) is 0 Å². The van der Waals surface area contributed by atoms with E-state index in [0.29, 0.717) is 0 Å². The number of rotatable bonds is 9. The van der Waals surface area contributed by atoms with Crippen LogP contribution in [0.1, 0.15) is 24.3 Å². The fourth-order valence-corrected chi connectivity index (χ4v) is 3.77. The summed E-state index contributed by atoms with van der Waals surface area (Å²) in [7, 11) is 1.82. The van der Waals surface area contributed by atoms with Gasteiger partial charge in [0.05, 0.1) is 15.2 Å². The SMILES string of the molecule is CN=C(NCCCCSC)NCCCc1nc2ccccc2s1.I. The number of aliphatic imine (C=N–C) groups is 1. The Morgan fingerprint density at radius 1 is 1.17 bits per heavy atom. The Bertz CT molecular complexity index is 582. The molecule has 2 N–H and O–H groups in total. The van der Waals surface area contributed by atoms with Gasteiger partial charge in [-0.2, -0.15) is 11.8 Å². The van der Waals surface area contributed by atoms with E-state index in [1.807, 2.05) is 24.9 Å². The van der Waals surface area contributed by atoms with Crippen molar-refractivity contribution in [1.82, 2.24) is 15.6 Å². The molecule has 0 unspecified atom stereocenters. The van der Waals surface area contributed by atoms with E-state index in [4.69, 9.17) is 0 Å². The Morgan fingerprint density at radius 2 is 1.92 bits per heavy atom. The van der Waals surface area contributed by atoms with Gasteiger partial charge in [-0.15, -0.1) is 35.3 Å². The lowest BCUT2D eigenvalue weighted by molar-refractivity contribution is 0.712. The van der Waals surface area contributed by atoms with Crippen LogP contribution in [-0.2, 0) is 6.42 Å². The summed E-state index contributed by atoms with van der Waals surface area (Å²) < 4.78 is 1.28. The molecule has 0 atom stereocenters. The number of unbranched alkanes of at least 4 members (excludes halogenated alkanes) is 1. The summed E-state index contributed by atoms with van der Waals surface area (Å²) in [5, 5.41) is 7.96. The van der Waals surface area contributed by atoms with Crippen molar-refractivity contribution in [2.45, 2.75) is 25.7 Å². The van der Waals surface area contributed by atoms with Crippen LogP contribution in [0, 0.1) is 0 Å². The molecule has 0 spiro atoms. The summed E-state index contributed by atoms with van der Waals surface area (Å²) in [6, 6.07) is 8.33. The maximum Gasteiger partial charge on any atom is 0.190 e. The van der Waals surface area contributed by atoms with Crippen LogP contribution in [0.4, 0.5) is 0 Å². The number of nitrogens with one attached hydrogen (secondary N) is 2. The maximum absolute atomic E-state index is 4.67. The molecular formula is C17H27IN4S2. The van der Waals surface area contributed by atoms with Crippen molar-refractivity contribution >= 4 is 63.3 Å². The third-order valence-corrected chi connectivity index (χ3v) is 5.28. The number of halogens is 1. The molecule has 0 radical (unpaired) electrons. The number of thiazole rings is 1. The molecule has 1 heterocycles. The summed E-state index contributed by atoms with van der Waals surface area (Å²) >= 11 is 3.70. The fourth-order valence-electron chi connectivity index (χ4n) is 2.27. The highest BCUT2D eigenvalue weighted by atomic mass is 127. The third-order valence-electron chi connectivity index (χ3n) is 3.49. The number of guanidine groups is 1. The van der Waals surface area contributed by atoms with Gasteiger partial charge >= 0.3 is 0 Å². The molecule has 0 fully saturated rings. The largest absolute Gasteiger partial charge is 0.356 e. The summed E-state index contributed by atoms with van der Waals surface area (Å²) in [4.78, 5) is 8.93. The van der Waals surface area contributed by atoms with E-state index in [1.165, 1.54) is 28.3 Å². The monoisotopic (exact) mass is 478 g/mol. The topological polar surface area (TPSA) is 49.3 Å². The van der Waals surface area contributed by atoms with E-state index in [1.54, 1.807) is 11.3 Å². The van der Waals surface area contributed by atoms with Crippen molar-refractivity contribution in [3.8, 4) is 0 Å². The van der Waals surface area contributed by atoms with Crippen LogP contribution in [0.25, 0.3) is 10.2 Å². The van der Waals surface area contributed by atoms with E-state index in [9.17, 15) is 0 Å². The quantitative estimate of drug-likeness (QED) is 0.246. The van der Waals surface area contributed by atoms with Crippen LogP contribution in [0.3, 0.4) is 0 Å². The first-order valence-corrected chi connectivity index (χ1v) is 10.3. The van der Waals surface area contributed by atoms with Crippen molar-refractivity contribution in [2.24, 2.45) is 4.99 Å². The molecule has 24 heavy (non-hydrogen) atoms. The molecule has 0 saturated carbocycles. The lowest BCUT2D eigenvalue weighted by Gasteiger charge is -2.11. The lowest BCUT2D eigenvalue weighted by Crippen LogP contribution is -2.38. The number of aromatic nitrogens is 1. The number of benzene rings is 1. The zero-order chi connectivity index (χ0) is 16.3. The summed E-state index contributed by atoms with van der Waals surface area (Å²) in [5.74, 6) is 2.13. The van der Waals surface area contributed by atoms with E-state index < -0.39 is 0 Å². The van der Waals surface area contributed by atoms with Crippen molar-refractivity contribution in [2.75, 3.05) is 32.1 Å². The first-order chi connectivity index (χ1) is 11.3. The molecule has 7 heteroatoms. The van der Waals surface area contributed by atoms with E-state index in [-0.39, 0.29) is 24.0 Å². The highest BCUT2D eigenvalue weighted by Gasteiger charge is 2.03. The molecular weight excluding hydrogens is 451 g/mol. The second-order valence-corrected chi connectivity index (χ2v) is 7.41. The van der Waals surface area contributed by atoms with Crippen molar-refractivity contribution in [1.29, 1.82) is 0 Å². The van der Waals surface area contributed by atoms with Crippen LogP contribution in [0.15, 0.2) is 29.3 Å². The van der Waals surface area contributed by atoms with Gasteiger partial charge in [-0.1, -0.05) is 12.1 Å². The fraction of sp³-hybridized carbons (Fsp3) is 0.529. The molecule has 0 amide bonds. The van der Waals surface area contributed by atoms with E-state index in [2.05, 4.69) is 45.1 Å². The number of thioether (sulfide) groups is 1.